The lowest BCUT2D eigenvalue weighted by Gasteiger charge is -2.24. The van der Waals surface area contributed by atoms with Gasteiger partial charge in [-0.15, -0.1) is 0 Å². The van der Waals surface area contributed by atoms with Gasteiger partial charge in [-0.2, -0.15) is 5.10 Å². The highest BCUT2D eigenvalue weighted by Gasteiger charge is 2.27. The number of aryl methyl sites for hydroxylation is 1. The second-order valence-corrected chi connectivity index (χ2v) is 6.26. The Morgan fingerprint density at radius 1 is 1.33 bits per heavy atom. The predicted octanol–water partition coefficient (Wildman–Crippen LogP) is 2.45. The number of hydrogen-bond donors (Lipinski definition) is 0. The molecular weight excluding hydrogens is 307 g/mol. The molecule has 2 aromatic heterocycles. The topological polar surface area (TPSA) is 51.8 Å². The van der Waals surface area contributed by atoms with E-state index in [1.54, 1.807) is 18.7 Å². The zero-order valence-corrected chi connectivity index (χ0v) is 13.8. The van der Waals surface area contributed by atoms with Gasteiger partial charge in [0.25, 0.3) is 0 Å². The van der Waals surface area contributed by atoms with Crippen molar-refractivity contribution in [2.75, 3.05) is 6.54 Å². The minimum Gasteiger partial charge on any atom is -0.327 e. The molecule has 6 nitrogen and oxygen atoms in total. The molecule has 1 aromatic carbocycles. The molecule has 0 amide bonds. The summed E-state index contributed by atoms with van der Waals surface area (Å²) in [4.78, 5) is 11.0. The molecule has 0 bridgehead atoms. The normalized spacial score (nSPS) is 18.7. The molecule has 1 atom stereocenters. The van der Waals surface area contributed by atoms with E-state index < -0.39 is 0 Å². The number of halogens is 1. The van der Waals surface area contributed by atoms with E-state index in [2.05, 4.69) is 31.5 Å². The Morgan fingerprint density at radius 3 is 3.04 bits per heavy atom. The molecule has 1 aliphatic rings. The number of benzene rings is 1. The quantitative estimate of drug-likeness (QED) is 0.722. The fourth-order valence-corrected chi connectivity index (χ4v) is 3.67. The number of nitrogens with zero attached hydrogens (tertiary/aromatic N) is 6. The summed E-state index contributed by atoms with van der Waals surface area (Å²) in [5, 5.41) is 4.21. The van der Waals surface area contributed by atoms with Crippen LogP contribution in [-0.2, 0) is 19.6 Å². The van der Waals surface area contributed by atoms with Crippen LogP contribution in [0.3, 0.4) is 0 Å². The number of likely N-dealkylation sites (tertiary alicyclic amines) is 1. The van der Waals surface area contributed by atoms with E-state index in [4.69, 9.17) is 0 Å². The van der Waals surface area contributed by atoms with Gasteiger partial charge in [0.2, 0.25) is 0 Å². The second-order valence-electron chi connectivity index (χ2n) is 6.26. The summed E-state index contributed by atoms with van der Waals surface area (Å²) in [6.07, 6.45) is 5.63. The number of imidazole rings is 1. The molecule has 0 spiro atoms. The van der Waals surface area contributed by atoms with Crippen LogP contribution < -0.4 is 0 Å². The Hall–Kier alpha value is -2.28. The molecule has 0 radical (unpaired) electrons. The van der Waals surface area contributed by atoms with Crippen LogP contribution in [0, 0.1) is 5.82 Å². The number of aromatic nitrogens is 5. The lowest BCUT2D eigenvalue weighted by atomic mass is 10.2. The first-order valence-electron chi connectivity index (χ1n) is 8.46. The fourth-order valence-electron chi connectivity index (χ4n) is 3.67. The third-order valence-corrected chi connectivity index (χ3v) is 4.83. The zero-order valence-electron chi connectivity index (χ0n) is 13.8. The minimum absolute atomic E-state index is 0.249. The molecule has 126 valence electrons. The monoisotopic (exact) mass is 328 g/mol. The third kappa shape index (κ3) is 2.69. The van der Waals surface area contributed by atoms with E-state index in [0.29, 0.717) is 11.6 Å². The Morgan fingerprint density at radius 2 is 2.25 bits per heavy atom. The van der Waals surface area contributed by atoms with Crippen LogP contribution >= 0.6 is 0 Å². The van der Waals surface area contributed by atoms with Gasteiger partial charge >= 0.3 is 0 Å². The number of para-hydroxylation sites is 1. The summed E-state index contributed by atoms with van der Waals surface area (Å²) in [6, 6.07) is 5.58. The molecule has 1 saturated heterocycles. The highest BCUT2D eigenvalue weighted by molar-refractivity contribution is 5.76. The fraction of sp³-hybridized carbons (Fsp3) is 0.471. The first-order chi connectivity index (χ1) is 11.8. The molecule has 0 N–H and O–H groups in total. The molecule has 0 saturated carbocycles. The summed E-state index contributed by atoms with van der Waals surface area (Å²) in [6.45, 7) is 5.47. The largest absolute Gasteiger partial charge is 0.327 e. The van der Waals surface area contributed by atoms with E-state index in [1.807, 2.05) is 10.7 Å². The van der Waals surface area contributed by atoms with Crippen LogP contribution in [0.5, 0.6) is 0 Å². The summed E-state index contributed by atoms with van der Waals surface area (Å²) < 4.78 is 18.0. The molecule has 3 aromatic rings. The van der Waals surface area contributed by atoms with Crippen LogP contribution in [0.25, 0.3) is 11.0 Å². The van der Waals surface area contributed by atoms with Crippen LogP contribution in [0.4, 0.5) is 4.39 Å². The molecule has 3 heterocycles. The Labute approximate surface area is 139 Å². The molecule has 24 heavy (non-hydrogen) atoms. The summed E-state index contributed by atoms with van der Waals surface area (Å²) in [7, 11) is 0. The van der Waals surface area contributed by atoms with Gasteiger partial charge in [0, 0.05) is 12.6 Å². The highest BCUT2D eigenvalue weighted by atomic mass is 19.1. The van der Waals surface area contributed by atoms with Gasteiger partial charge in [0.15, 0.2) is 5.82 Å². The molecule has 7 heteroatoms. The average molecular weight is 328 g/mol. The molecule has 1 fully saturated rings. The minimum atomic E-state index is -0.249. The van der Waals surface area contributed by atoms with E-state index >= 15 is 0 Å². The maximum Gasteiger partial charge on any atom is 0.151 e. The maximum atomic E-state index is 14.1. The first kappa shape index (κ1) is 15.3. The van der Waals surface area contributed by atoms with Crippen molar-refractivity contribution in [2.24, 2.45) is 0 Å². The molecular formula is C17H21FN6. The lowest BCUT2D eigenvalue weighted by Crippen LogP contribution is -2.33. The lowest BCUT2D eigenvalue weighted by molar-refractivity contribution is 0.212. The van der Waals surface area contributed by atoms with E-state index in [0.717, 1.165) is 43.9 Å². The van der Waals surface area contributed by atoms with Crippen molar-refractivity contribution in [2.45, 2.75) is 45.4 Å². The van der Waals surface area contributed by atoms with Gasteiger partial charge in [-0.1, -0.05) is 6.07 Å². The van der Waals surface area contributed by atoms with Crippen molar-refractivity contribution in [3.63, 3.8) is 0 Å². The Bertz CT molecular complexity index is 825. The van der Waals surface area contributed by atoms with Gasteiger partial charge in [-0.05, 0) is 38.4 Å². The van der Waals surface area contributed by atoms with Gasteiger partial charge in [0.1, 0.15) is 24.0 Å². The predicted molar refractivity (Wildman–Crippen MR) is 88.8 cm³/mol. The van der Waals surface area contributed by atoms with Crippen molar-refractivity contribution in [1.29, 1.82) is 0 Å². The highest BCUT2D eigenvalue weighted by Crippen LogP contribution is 2.24. The summed E-state index contributed by atoms with van der Waals surface area (Å²) in [5.41, 5.74) is 1.35. The molecule has 4 rings (SSSR count). The van der Waals surface area contributed by atoms with Crippen molar-refractivity contribution in [3.05, 3.63) is 42.5 Å². The smallest absolute Gasteiger partial charge is 0.151 e. The Kier molecular flexibility index (Phi) is 4.02. The SMILES string of the molecule is CCn1c(CN2CCCC2Cn2cncn2)nc2c(F)cccc21. The number of rotatable bonds is 5. The summed E-state index contributed by atoms with van der Waals surface area (Å²) in [5.74, 6) is 0.685. The third-order valence-electron chi connectivity index (χ3n) is 4.83. The van der Waals surface area contributed by atoms with Gasteiger partial charge < -0.3 is 4.57 Å². The van der Waals surface area contributed by atoms with Gasteiger partial charge in [-0.25, -0.2) is 14.4 Å². The van der Waals surface area contributed by atoms with Gasteiger partial charge in [0.05, 0.1) is 18.6 Å². The van der Waals surface area contributed by atoms with Crippen LogP contribution in [0.2, 0.25) is 0 Å². The van der Waals surface area contributed by atoms with Crippen molar-refractivity contribution >= 4 is 11.0 Å². The summed E-state index contributed by atoms with van der Waals surface area (Å²) >= 11 is 0. The van der Waals surface area contributed by atoms with Crippen molar-refractivity contribution < 1.29 is 4.39 Å². The first-order valence-corrected chi connectivity index (χ1v) is 8.46. The van der Waals surface area contributed by atoms with Gasteiger partial charge in [-0.3, -0.25) is 9.58 Å². The van der Waals surface area contributed by atoms with E-state index in [-0.39, 0.29) is 5.82 Å². The molecule has 0 aliphatic carbocycles. The molecule has 1 aliphatic heterocycles. The van der Waals surface area contributed by atoms with Crippen molar-refractivity contribution in [3.8, 4) is 0 Å². The maximum absolute atomic E-state index is 14.1. The van der Waals surface area contributed by atoms with Crippen LogP contribution in [0.15, 0.2) is 30.9 Å². The average Bonchev–Trinajstić information content (AvgIpc) is 3.30. The molecule has 1 unspecified atom stereocenters. The standard InChI is InChI=1S/C17H21FN6/c1-2-24-15-7-3-6-14(18)17(15)21-16(24)10-22-8-4-5-13(22)9-23-12-19-11-20-23/h3,6-7,11-13H,2,4-5,8-10H2,1H3. The zero-order chi connectivity index (χ0) is 16.5. The van der Waals surface area contributed by atoms with Crippen LogP contribution in [0.1, 0.15) is 25.6 Å². The number of hydrogen-bond acceptors (Lipinski definition) is 4. The van der Waals surface area contributed by atoms with E-state index in [1.165, 1.54) is 12.5 Å². The Balaban J connectivity index is 1.60. The van der Waals surface area contributed by atoms with Crippen molar-refractivity contribution in [1.82, 2.24) is 29.2 Å². The van der Waals surface area contributed by atoms with E-state index in [9.17, 15) is 4.39 Å². The number of fused-ring (bicyclic) bond motifs is 1. The second kappa shape index (κ2) is 6.32. The van der Waals surface area contributed by atoms with Crippen LogP contribution in [-0.4, -0.2) is 41.8 Å².